The van der Waals surface area contributed by atoms with Crippen LogP contribution in [0.5, 0.6) is 0 Å². The van der Waals surface area contributed by atoms with E-state index in [0.717, 1.165) is 0 Å². The molecule has 0 nitrogen and oxygen atoms in total. The molecular formula is C14H23P. The predicted octanol–water partition coefficient (Wildman–Crippen LogP) is 4.04. The lowest BCUT2D eigenvalue weighted by Gasteiger charge is -2.29. The molecule has 1 heteroatoms. The molecule has 0 N–H and O–H groups in total. The maximum atomic E-state index is 1.64. The molecule has 0 heterocycles. The van der Waals surface area contributed by atoms with Gasteiger partial charge in [-0.05, 0) is 73.5 Å². The van der Waals surface area contributed by atoms with Crippen molar-refractivity contribution in [1.29, 1.82) is 0 Å². The standard InChI is InChI=1S/C14H23P/c1-3-11-5-9(1)7-13(11)15-14-8-10-2-4-12(14)6-10/h9-15H,1-8H2/t9-,10+,11+,12-,13?,14?. The van der Waals surface area contributed by atoms with Gasteiger partial charge < -0.3 is 0 Å². The predicted molar refractivity (Wildman–Crippen MR) is 66.8 cm³/mol. The molecule has 0 aromatic carbocycles. The Kier molecular flexibility index (Phi) is 2.18. The van der Waals surface area contributed by atoms with Crippen molar-refractivity contribution < 1.29 is 0 Å². The first-order valence-electron chi connectivity index (χ1n) is 7.14. The summed E-state index contributed by atoms with van der Waals surface area (Å²) in [6.07, 6.45) is 12.9. The van der Waals surface area contributed by atoms with Gasteiger partial charge in [0.1, 0.15) is 0 Å². The average Bonchev–Trinajstić information content (AvgIpc) is 2.96. The second-order valence-electron chi connectivity index (χ2n) is 6.73. The third-order valence-electron chi connectivity index (χ3n) is 5.90. The molecule has 7 atom stereocenters. The first-order valence-corrected chi connectivity index (χ1v) is 8.30. The van der Waals surface area contributed by atoms with E-state index in [1.807, 2.05) is 0 Å². The van der Waals surface area contributed by atoms with Gasteiger partial charge in [-0.15, -0.1) is 8.58 Å². The van der Waals surface area contributed by atoms with E-state index >= 15 is 0 Å². The number of rotatable bonds is 2. The Morgan fingerprint density at radius 3 is 1.47 bits per heavy atom. The molecule has 84 valence electrons. The highest BCUT2D eigenvalue weighted by Gasteiger charge is 2.44. The van der Waals surface area contributed by atoms with Crippen LogP contribution in [0.2, 0.25) is 0 Å². The molecule has 4 rings (SSSR count). The molecule has 4 saturated carbocycles. The molecule has 0 aromatic rings. The van der Waals surface area contributed by atoms with E-state index in [4.69, 9.17) is 0 Å². The van der Waals surface area contributed by atoms with Crippen LogP contribution in [0, 0.1) is 23.7 Å². The third-order valence-corrected chi connectivity index (χ3v) is 8.17. The molecule has 3 unspecified atom stereocenters. The molecule has 0 saturated heterocycles. The fourth-order valence-corrected chi connectivity index (χ4v) is 7.81. The van der Waals surface area contributed by atoms with Crippen molar-refractivity contribution in [3.8, 4) is 0 Å². The Bertz CT molecular complexity index is 236. The summed E-state index contributed by atoms with van der Waals surface area (Å²) in [5.41, 5.74) is 2.40. The van der Waals surface area contributed by atoms with Crippen LogP contribution in [0.4, 0.5) is 0 Å². The number of hydrogen-bond donors (Lipinski definition) is 0. The van der Waals surface area contributed by atoms with E-state index in [-0.39, 0.29) is 0 Å². The van der Waals surface area contributed by atoms with Gasteiger partial charge in [-0.25, -0.2) is 0 Å². The average molecular weight is 222 g/mol. The largest absolute Gasteiger partial charge is 0.115 e. The van der Waals surface area contributed by atoms with Gasteiger partial charge in [0.25, 0.3) is 0 Å². The Morgan fingerprint density at radius 2 is 1.13 bits per heavy atom. The molecule has 0 aromatic heterocycles. The fourth-order valence-electron chi connectivity index (χ4n) is 5.17. The second kappa shape index (κ2) is 3.46. The highest BCUT2D eigenvalue weighted by Crippen LogP contribution is 2.58. The molecular weight excluding hydrogens is 199 g/mol. The lowest BCUT2D eigenvalue weighted by molar-refractivity contribution is 0.466. The van der Waals surface area contributed by atoms with Gasteiger partial charge >= 0.3 is 0 Å². The Morgan fingerprint density at radius 1 is 0.600 bits per heavy atom. The van der Waals surface area contributed by atoms with Crippen LogP contribution < -0.4 is 0 Å². The van der Waals surface area contributed by atoms with E-state index in [0.29, 0.717) is 0 Å². The maximum Gasteiger partial charge on any atom is -0.0203 e. The Hall–Kier alpha value is 0.430. The highest BCUT2D eigenvalue weighted by molar-refractivity contribution is 7.39. The van der Waals surface area contributed by atoms with Crippen LogP contribution >= 0.6 is 8.58 Å². The number of hydrogen-bond acceptors (Lipinski definition) is 0. The fraction of sp³-hybridized carbons (Fsp3) is 1.00. The molecule has 0 radical (unpaired) electrons. The topological polar surface area (TPSA) is 0 Å². The van der Waals surface area contributed by atoms with Crippen molar-refractivity contribution in [2.24, 2.45) is 23.7 Å². The zero-order chi connectivity index (χ0) is 9.83. The van der Waals surface area contributed by atoms with Crippen LogP contribution in [0.3, 0.4) is 0 Å². The summed E-state index contributed by atoms with van der Waals surface area (Å²) >= 11 is 0. The van der Waals surface area contributed by atoms with Crippen LogP contribution in [0.25, 0.3) is 0 Å². The first kappa shape index (κ1) is 9.46. The minimum absolute atomic E-state index is 1.17. The monoisotopic (exact) mass is 222 g/mol. The van der Waals surface area contributed by atoms with E-state index in [9.17, 15) is 0 Å². The first-order chi connectivity index (χ1) is 7.38. The van der Waals surface area contributed by atoms with Crippen molar-refractivity contribution in [2.45, 2.75) is 62.7 Å². The molecule has 0 aliphatic heterocycles. The minimum Gasteiger partial charge on any atom is -0.115 e. The van der Waals surface area contributed by atoms with Crippen molar-refractivity contribution in [1.82, 2.24) is 0 Å². The van der Waals surface area contributed by atoms with Crippen LogP contribution in [0.1, 0.15) is 51.4 Å². The second-order valence-corrected chi connectivity index (χ2v) is 8.55. The van der Waals surface area contributed by atoms with Gasteiger partial charge in [-0.2, -0.15) is 0 Å². The molecule has 4 aliphatic rings. The van der Waals surface area contributed by atoms with Gasteiger partial charge in [0, 0.05) is 0 Å². The Labute approximate surface area is 95.4 Å². The summed E-state index contributed by atoms with van der Waals surface area (Å²) in [5.74, 6) is 4.72. The molecule has 15 heavy (non-hydrogen) atoms. The number of fused-ring (bicyclic) bond motifs is 4. The normalized spacial score (nSPS) is 57.6. The summed E-state index contributed by atoms with van der Waals surface area (Å²) in [6, 6.07) is 0. The summed E-state index contributed by atoms with van der Waals surface area (Å²) in [7, 11) is 1.37. The van der Waals surface area contributed by atoms with E-state index < -0.39 is 0 Å². The van der Waals surface area contributed by atoms with Crippen molar-refractivity contribution in [3.05, 3.63) is 0 Å². The summed E-state index contributed by atoms with van der Waals surface area (Å²) in [4.78, 5) is 0. The van der Waals surface area contributed by atoms with Gasteiger partial charge in [0.2, 0.25) is 0 Å². The molecule has 4 aliphatic carbocycles. The van der Waals surface area contributed by atoms with E-state index in [1.165, 1.54) is 43.6 Å². The van der Waals surface area contributed by atoms with Gasteiger partial charge in [-0.1, -0.05) is 12.8 Å². The van der Waals surface area contributed by atoms with Crippen molar-refractivity contribution >= 4 is 8.58 Å². The smallest absolute Gasteiger partial charge is 0.0203 e. The molecule has 4 bridgehead atoms. The van der Waals surface area contributed by atoms with Gasteiger partial charge in [0.05, 0.1) is 0 Å². The van der Waals surface area contributed by atoms with E-state index in [2.05, 4.69) is 0 Å². The zero-order valence-electron chi connectivity index (χ0n) is 9.62. The quantitative estimate of drug-likeness (QED) is 0.618. The van der Waals surface area contributed by atoms with Crippen LogP contribution in [-0.4, -0.2) is 11.3 Å². The summed E-state index contributed by atoms with van der Waals surface area (Å²) in [6.45, 7) is 0. The van der Waals surface area contributed by atoms with Gasteiger partial charge in [0.15, 0.2) is 0 Å². The zero-order valence-corrected chi connectivity index (χ0v) is 10.6. The molecule has 0 spiro atoms. The van der Waals surface area contributed by atoms with Crippen molar-refractivity contribution in [3.63, 3.8) is 0 Å². The third kappa shape index (κ3) is 1.51. The van der Waals surface area contributed by atoms with Crippen LogP contribution in [-0.2, 0) is 0 Å². The molecule has 4 fully saturated rings. The van der Waals surface area contributed by atoms with E-state index in [1.54, 1.807) is 51.4 Å². The summed E-state index contributed by atoms with van der Waals surface area (Å²) in [5, 5.41) is 0. The Balaban J connectivity index is 1.40. The lowest BCUT2D eigenvalue weighted by Crippen LogP contribution is -2.19. The van der Waals surface area contributed by atoms with Crippen molar-refractivity contribution in [2.75, 3.05) is 0 Å². The highest BCUT2D eigenvalue weighted by atomic mass is 31.1. The maximum absolute atomic E-state index is 1.64. The summed E-state index contributed by atoms with van der Waals surface area (Å²) < 4.78 is 0. The minimum atomic E-state index is 1.17. The molecule has 0 amide bonds. The van der Waals surface area contributed by atoms with Crippen LogP contribution in [0.15, 0.2) is 0 Å². The lowest BCUT2D eigenvalue weighted by atomic mass is 10.00. The van der Waals surface area contributed by atoms with Gasteiger partial charge in [-0.3, -0.25) is 0 Å². The SMILES string of the molecule is C1C[C@@H]2C[C@H]1CC2PC1C[C@@H]2CC[C@H]1C2.